The van der Waals surface area contributed by atoms with Crippen LogP contribution in [-0.4, -0.2) is 69.4 Å². The van der Waals surface area contributed by atoms with Gasteiger partial charge >= 0.3 is 0 Å². The van der Waals surface area contributed by atoms with Crippen LogP contribution in [0.3, 0.4) is 0 Å². The second-order valence-electron chi connectivity index (χ2n) is 11.0. The standard InChI is InChI=1S/C19H37N5O4Si3/c1-29(2,3)25-10-13-15(27-30(4,5)6)16(28-31(7,8)9)19(26-13)24-12-23-14-17(20)21-11-22-18(14)24/h11-13,15-16,19H,10H2,1-9H3,(H2,20,21,22)/t13-,15+,16-,19-/m1/s1. The Kier molecular flexibility index (Phi) is 6.83. The molecule has 1 aliphatic heterocycles. The molecule has 0 saturated carbocycles. The minimum absolute atomic E-state index is 0.239. The van der Waals surface area contributed by atoms with E-state index >= 15 is 0 Å². The lowest BCUT2D eigenvalue weighted by atomic mass is 10.1. The first-order valence-electron chi connectivity index (χ1n) is 10.7. The largest absolute Gasteiger partial charge is 0.415 e. The molecule has 3 heterocycles. The van der Waals surface area contributed by atoms with Crippen molar-refractivity contribution in [2.24, 2.45) is 0 Å². The highest BCUT2D eigenvalue weighted by molar-refractivity contribution is 6.70. The van der Waals surface area contributed by atoms with E-state index in [0.29, 0.717) is 23.6 Å². The van der Waals surface area contributed by atoms with Crippen LogP contribution in [0.4, 0.5) is 5.82 Å². The second kappa shape index (κ2) is 8.65. The molecule has 2 aromatic heterocycles. The molecule has 3 rings (SSSR count). The molecule has 0 aromatic carbocycles. The maximum absolute atomic E-state index is 6.68. The van der Waals surface area contributed by atoms with Crippen molar-refractivity contribution in [2.45, 2.75) is 83.5 Å². The first-order chi connectivity index (χ1) is 14.1. The average molecular weight is 484 g/mol. The van der Waals surface area contributed by atoms with E-state index in [0.717, 1.165) is 0 Å². The van der Waals surface area contributed by atoms with Crippen molar-refractivity contribution in [3.8, 4) is 0 Å². The first-order valence-corrected chi connectivity index (χ1v) is 21.0. The molecule has 31 heavy (non-hydrogen) atoms. The third-order valence-corrected chi connectivity index (χ3v) is 7.60. The lowest BCUT2D eigenvalue weighted by Crippen LogP contribution is -2.48. The zero-order chi connectivity index (χ0) is 23.2. The number of aromatic nitrogens is 4. The summed E-state index contributed by atoms with van der Waals surface area (Å²) >= 11 is 0. The number of nitrogens with two attached hydrogens (primary N) is 1. The number of fused-ring (bicyclic) bond motifs is 1. The van der Waals surface area contributed by atoms with E-state index in [1.165, 1.54) is 6.33 Å². The summed E-state index contributed by atoms with van der Waals surface area (Å²) in [5.41, 5.74) is 7.19. The molecule has 0 aliphatic carbocycles. The van der Waals surface area contributed by atoms with Gasteiger partial charge in [-0.05, 0) is 58.9 Å². The van der Waals surface area contributed by atoms with E-state index in [9.17, 15) is 0 Å². The number of rotatable bonds is 8. The molecule has 0 bridgehead atoms. The summed E-state index contributed by atoms with van der Waals surface area (Å²) in [7, 11) is -5.56. The van der Waals surface area contributed by atoms with Crippen molar-refractivity contribution in [1.29, 1.82) is 0 Å². The minimum Gasteiger partial charge on any atom is -0.415 e. The Morgan fingerprint density at radius 1 is 0.903 bits per heavy atom. The van der Waals surface area contributed by atoms with Gasteiger partial charge in [-0.1, -0.05) is 0 Å². The van der Waals surface area contributed by atoms with Crippen molar-refractivity contribution in [1.82, 2.24) is 19.5 Å². The van der Waals surface area contributed by atoms with Crippen molar-refractivity contribution in [3.05, 3.63) is 12.7 Å². The number of hydrogen-bond acceptors (Lipinski definition) is 8. The number of imidazole rings is 1. The SMILES string of the molecule is C[Si](C)(C)OC[C@H]1O[C@@H](n2cnc3c(N)ncnc32)[C@H](O[Si](C)(C)C)[C@H]1O[Si](C)(C)C. The van der Waals surface area contributed by atoms with Crippen LogP contribution >= 0.6 is 0 Å². The quantitative estimate of drug-likeness (QED) is 0.568. The number of nitrogen functional groups attached to an aromatic ring is 1. The predicted molar refractivity (Wildman–Crippen MR) is 129 cm³/mol. The van der Waals surface area contributed by atoms with Crippen LogP contribution in [0.15, 0.2) is 12.7 Å². The van der Waals surface area contributed by atoms with Gasteiger partial charge in [-0.25, -0.2) is 15.0 Å². The topological polar surface area (TPSA) is 107 Å². The van der Waals surface area contributed by atoms with E-state index in [4.69, 9.17) is 23.7 Å². The van der Waals surface area contributed by atoms with Gasteiger partial charge in [-0.3, -0.25) is 4.57 Å². The third kappa shape index (κ3) is 6.21. The molecule has 9 nitrogen and oxygen atoms in total. The Bertz CT molecular complexity index is 907. The smallest absolute Gasteiger partial charge is 0.184 e. The molecule has 0 spiro atoms. The summed E-state index contributed by atoms with van der Waals surface area (Å²) < 4.78 is 28.1. The Morgan fingerprint density at radius 3 is 2.10 bits per heavy atom. The van der Waals surface area contributed by atoms with E-state index in [-0.39, 0.29) is 18.3 Å². The summed E-state index contributed by atoms with van der Waals surface area (Å²) in [6.45, 7) is 20.1. The van der Waals surface area contributed by atoms with Crippen LogP contribution in [0.2, 0.25) is 58.9 Å². The van der Waals surface area contributed by atoms with Crippen molar-refractivity contribution in [2.75, 3.05) is 12.3 Å². The van der Waals surface area contributed by atoms with Crippen LogP contribution in [0.25, 0.3) is 11.2 Å². The Balaban J connectivity index is 2.03. The molecule has 12 heteroatoms. The molecule has 0 amide bonds. The van der Waals surface area contributed by atoms with Crippen molar-refractivity contribution >= 4 is 41.9 Å². The van der Waals surface area contributed by atoms with Gasteiger partial charge in [0.1, 0.15) is 30.2 Å². The number of ether oxygens (including phenoxy) is 1. The number of anilines is 1. The lowest BCUT2D eigenvalue weighted by Gasteiger charge is -2.34. The molecule has 0 radical (unpaired) electrons. The van der Waals surface area contributed by atoms with Crippen LogP contribution in [0.5, 0.6) is 0 Å². The Morgan fingerprint density at radius 2 is 1.52 bits per heavy atom. The van der Waals surface area contributed by atoms with Gasteiger partial charge in [0.05, 0.1) is 12.9 Å². The van der Waals surface area contributed by atoms with Crippen LogP contribution in [-0.2, 0) is 18.0 Å². The molecule has 2 aromatic rings. The van der Waals surface area contributed by atoms with Gasteiger partial charge in [0, 0.05) is 0 Å². The van der Waals surface area contributed by atoms with Gasteiger partial charge < -0.3 is 23.7 Å². The highest BCUT2D eigenvalue weighted by Crippen LogP contribution is 2.38. The van der Waals surface area contributed by atoms with E-state index in [1.54, 1.807) is 6.33 Å². The van der Waals surface area contributed by atoms with Gasteiger partial charge in [0.25, 0.3) is 0 Å². The highest BCUT2D eigenvalue weighted by atomic mass is 28.4. The van der Waals surface area contributed by atoms with Crippen molar-refractivity contribution in [3.63, 3.8) is 0 Å². The van der Waals surface area contributed by atoms with E-state index in [1.807, 2.05) is 4.57 Å². The summed E-state index contributed by atoms with van der Waals surface area (Å²) in [5, 5.41) is 0. The molecule has 2 N–H and O–H groups in total. The highest BCUT2D eigenvalue weighted by Gasteiger charge is 2.50. The van der Waals surface area contributed by atoms with Gasteiger partial charge in [0.2, 0.25) is 0 Å². The molecular weight excluding hydrogens is 446 g/mol. The zero-order valence-corrected chi connectivity index (χ0v) is 23.2. The normalized spacial score (nSPS) is 25.5. The second-order valence-corrected chi connectivity index (χ2v) is 24.4. The Labute approximate surface area is 188 Å². The van der Waals surface area contributed by atoms with Gasteiger partial charge in [-0.2, -0.15) is 0 Å². The van der Waals surface area contributed by atoms with Gasteiger partial charge in [-0.15, -0.1) is 0 Å². The lowest BCUT2D eigenvalue weighted by molar-refractivity contribution is -0.0457. The fraction of sp³-hybridized carbons (Fsp3) is 0.737. The fourth-order valence-electron chi connectivity index (χ4n) is 3.54. The van der Waals surface area contributed by atoms with Crippen molar-refractivity contribution < 1.29 is 18.0 Å². The molecule has 4 atom stereocenters. The van der Waals surface area contributed by atoms with Crippen LogP contribution in [0, 0.1) is 0 Å². The molecule has 1 fully saturated rings. The van der Waals surface area contributed by atoms with E-state index in [2.05, 4.69) is 73.9 Å². The first kappa shape index (κ1) is 24.5. The average Bonchev–Trinajstić information content (AvgIpc) is 3.13. The minimum atomic E-state index is -1.93. The zero-order valence-electron chi connectivity index (χ0n) is 20.2. The maximum atomic E-state index is 6.68. The summed E-state index contributed by atoms with van der Waals surface area (Å²) in [4.78, 5) is 12.9. The van der Waals surface area contributed by atoms with Crippen LogP contribution < -0.4 is 5.73 Å². The molecular formula is C19H37N5O4Si3. The molecule has 1 saturated heterocycles. The molecule has 1 aliphatic rings. The van der Waals surface area contributed by atoms with Gasteiger partial charge in [0.15, 0.2) is 42.6 Å². The summed E-state index contributed by atoms with van der Waals surface area (Å²) in [6.07, 6.45) is 1.91. The van der Waals surface area contributed by atoms with Crippen LogP contribution in [0.1, 0.15) is 6.23 Å². The molecule has 174 valence electrons. The fourth-order valence-corrected chi connectivity index (χ4v) is 6.37. The number of hydrogen-bond donors (Lipinski definition) is 1. The predicted octanol–water partition coefficient (Wildman–Crippen LogP) is 3.60. The Hall–Kier alpha value is -1.16. The number of nitrogens with zero attached hydrogens (tertiary/aromatic N) is 4. The molecule has 0 unspecified atom stereocenters. The summed E-state index contributed by atoms with van der Waals surface area (Å²) in [5.74, 6) is 0.345. The summed E-state index contributed by atoms with van der Waals surface area (Å²) in [6, 6.07) is 0. The maximum Gasteiger partial charge on any atom is 0.184 e. The van der Waals surface area contributed by atoms with E-state index < -0.39 is 31.2 Å². The third-order valence-electron chi connectivity index (χ3n) is 4.61. The monoisotopic (exact) mass is 483 g/mol.